The van der Waals surface area contributed by atoms with Crippen LogP contribution in [0.1, 0.15) is 50.6 Å². The summed E-state index contributed by atoms with van der Waals surface area (Å²) in [6, 6.07) is 4.31. The lowest BCUT2D eigenvalue weighted by Crippen LogP contribution is -2.25. The van der Waals surface area contributed by atoms with E-state index in [2.05, 4.69) is 24.0 Å². The molecule has 1 atom stereocenters. The van der Waals surface area contributed by atoms with Crippen molar-refractivity contribution in [3.63, 3.8) is 0 Å². The molecule has 0 bridgehead atoms. The highest BCUT2D eigenvalue weighted by molar-refractivity contribution is 5.15. The molecule has 1 aliphatic rings. The van der Waals surface area contributed by atoms with E-state index < -0.39 is 0 Å². The van der Waals surface area contributed by atoms with Gasteiger partial charge in [0.25, 0.3) is 0 Å². The van der Waals surface area contributed by atoms with Gasteiger partial charge < -0.3 is 5.73 Å². The quantitative estimate of drug-likeness (QED) is 0.845. The third-order valence-corrected chi connectivity index (χ3v) is 4.07. The fourth-order valence-electron chi connectivity index (χ4n) is 2.81. The van der Waals surface area contributed by atoms with Gasteiger partial charge in [0, 0.05) is 18.4 Å². The van der Waals surface area contributed by atoms with E-state index in [-0.39, 0.29) is 6.04 Å². The minimum Gasteiger partial charge on any atom is -0.324 e. The highest BCUT2D eigenvalue weighted by Gasteiger charge is 2.25. The zero-order valence-electron chi connectivity index (χ0n) is 10.1. The van der Waals surface area contributed by atoms with Crippen molar-refractivity contribution in [1.82, 2.24) is 4.98 Å². The molecule has 1 heterocycles. The third-order valence-electron chi connectivity index (χ3n) is 4.07. The molecule has 1 fully saturated rings. The third kappa shape index (κ3) is 2.62. The number of nitrogens with two attached hydrogens (primary N) is 1. The maximum absolute atomic E-state index is 6.33. The van der Waals surface area contributed by atoms with E-state index in [1.807, 2.05) is 12.4 Å². The Morgan fingerprint density at radius 3 is 2.44 bits per heavy atom. The summed E-state index contributed by atoms with van der Waals surface area (Å²) in [4.78, 5) is 4.04. The van der Waals surface area contributed by atoms with Crippen molar-refractivity contribution < 1.29 is 0 Å². The van der Waals surface area contributed by atoms with Crippen molar-refractivity contribution >= 4 is 0 Å². The van der Waals surface area contributed by atoms with Gasteiger partial charge in [-0.25, -0.2) is 0 Å². The van der Waals surface area contributed by atoms with Crippen LogP contribution in [0.2, 0.25) is 0 Å². The van der Waals surface area contributed by atoms with E-state index in [1.54, 1.807) is 0 Å². The molecular weight excluding hydrogens is 196 g/mol. The van der Waals surface area contributed by atoms with Crippen LogP contribution in [-0.4, -0.2) is 4.98 Å². The molecule has 0 aromatic carbocycles. The van der Waals surface area contributed by atoms with Gasteiger partial charge in [-0.05, 0) is 42.4 Å². The zero-order chi connectivity index (χ0) is 11.4. The molecule has 16 heavy (non-hydrogen) atoms. The Balaban J connectivity index is 1.94. The lowest BCUT2D eigenvalue weighted by molar-refractivity contribution is 0.240. The highest BCUT2D eigenvalue weighted by Crippen LogP contribution is 2.36. The largest absolute Gasteiger partial charge is 0.324 e. The minimum absolute atomic E-state index is 0.209. The first-order valence-electron chi connectivity index (χ1n) is 6.46. The lowest BCUT2D eigenvalue weighted by Gasteiger charge is -2.31. The highest BCUT2D eigenvalue weighted by atomic mass is 14.7. The van der Waals surface area contributed by atoms with Gasteiger partial charge in [-0.2, -0.15) is 0 Å². The first kappa shape index (κ1) is 11.6. The van der Waals surface area contributed by atoms with Gasteiger partial charge in [-0.1, -0.05) is 26.2 Å². The van der Waals surface area contributed by atoms with Crippen LogP contribution in [0.5, 0.6) is 0 Å². The number of pyridine rings is 1. The average Bonchev–Trinajstić information content (AvgIpc) is 2.39. The first-order chi connectivity index (χ1) is 7.81. The molecule has 2 rings (SSSR count). The second-order valence-corrected chi connectivity index (χ2v) is 5.00. The van der Waals surface area contributed by atoms with E-state index in [0.29, 0.717) is 5.92 Å². The normalized spacial score (nSPS) is 27.6. The second-order valence-electron chi connectivity index (χ2n) is 5.00. The van der Waals surface area contributed by atoms with Crippen molar-refractivity contribution in [2.24, 2.45) is 17.6 Å². The van der Waals surface area contributed by atoms with Crippen LogP contribution < -0.4 is 5.73 Å². The smallest absolute Gasteiger partial charge is 0.0324 e. The Kier molecular flexibility index (Phi) is 3.94. The number of nitrogens with zero attached hydrogens (tertiary/aromatic N) is 1. The molecule has 88 valence electrons. The molecule has 0 saturated heterocycles. The molecule has 0 spiro atoms. The van der Waals surface area contributed by atoms with Crippen LogP contribution in [0, 0.1) is 11.8 Å². The van der Waals surface area contributed by atoms with E-state index >= 15 is 0 Å². The summed E-state index contributed by atoms with van der Waals surface area (Å²) in [5.41, 5.74) is 7.57. The molecule has 2 nitrogen and oxygen atoms in total. The van der Waals surface area contributed by atoms with Crippen LogP contribution >= 0.6 is 0 Å². The summed E-state index contributed by atoms with van der Waals surface area (Å²) < 4.78 is 0. The fraction of sp³-hybridized carbons (Fsp3) is 0.643. The van der Waals surface area contributed by atoms with Gasteiger partial charge in [-0.15, -0.1) is 0 Å². The second kappa shape index (κ2) is 5.44. The monoisotopic (exact) mass is 218 g/mol. The van der Waals surface area contributed by atoms with Gasteiger partial charge in [-0.3, -0.25) is 4.98 Å². The van der Waals surface area contributed by atoms with Crippen molar-refractivity contribution in [2.45, 2.75) is 45.1 Å². The van der Waals surface area contributed by atoms with Crippen LogP contribution in [0.3, 0.4) is 0 Å². The van der Waals surface area contributed by atoms with E-state index in [9.17, 15) is 0 Å². The van der Waals surface area contributed by atoms with Gasteiger partial charge >= 0.3 is 0 Å². The predicted octanol–water partition coefficient (Wildman–Crippen LogP) is 3.30. The molecule has 2 heteroatoms. The van der Waals surface area contributed by atoms with Gasteiger partial charge in [0.15, 0.2) is 0 Å². The molecule has 0 aliphatic heterocycles. The van der Waals surface area contributed by atoms with Gasteiger partial charge in [0.05, 0.1) is 0 Å². The maximum atomic E-state index is 6.33. The summed E-state index contributed by atoms with van der Waals surface area (Å²) >= 11 is 0. The minimum atomic E-state index is 0.209. The summed E-state index contributed by atoms with van der Waals surface area (Å²) in [7, 11) is 0. The van der Waals surface area contributed by atoms with Crippen molar-refractivity contribution in [2.75, 3.05) is 0 Å². The Morgan fingerprint density at radius 2 is 1.88 bits per heavy atom. The van der Waals surface area contributed by atoms with Gasteiger partial charge in [0.1, 0.15) is 0 Å². The van der Waals surface area contributed by atoms with E-state index in [1.165, 1.54) is 37.7 Å². The molecule has 0 amide bonds. The molecule has 0 radical (unpaired) electrons. The fourth-order valence-corrected chi connectivity index (χ4v) is 2.81. The molecule has 2 N–H and O–H groups in total. The summed E-state index contributed by atoms with van der Waals surface area (Å²) in [6.45, 7) is 2.30. The zero-order valence-corrected chi connectivity index (χ0v) is 10.1. The maximum Gasteiger partial charge on any atom is 0.0324 e. The molecule has 1 aliphatic carbocycles. The van der Waals surface area contributed by atoms with Crippen molar-refractivity contribution in [1.29, 1.82) is 0 Å². The number of hydrogen-bond acceptors (Lipinski definition) is 2. The number of rotatable bonds is 3. The summed E-state index contributed by atoms with van der Waals surface area (Å²) in [5.74, 6) is 1.62. The van der Waals surface area contributed by atoms with Crippen molar-refractivity contribution in [3.8, 4) is 0 Å². The Hall–Kier alpha value is -0.890. The van der Waals surface area contributed by atoms with E-state index in [4.69, 9.17) is 5.73 Å². The van der Waals surface area contributed by atoms with Crippen LogP contribution in [0.25, 0.3) is 0 Å². The van der Waals surface area contributed by atoms with Crippen LogP contribution in [0.15, 0.2) is 24.5 Å². The average molecular weight is 218 g/mol. The SMILES string of the molecule is CCC1CCC(C(N)c2ccncc2)CC1. The molecular formula is C14H22N2. The molecule has 1 aromatic rings. The Bertz CT molecular complexity index is 302. The standard InChI is InChI=1S/C14H22N2/c1-2-11-3-5-12(6-4-11)14(15)13-7-9-16-10-8-13/h7-12,14H,2-6,15H2,1H3. The number of aromatic nitrogens is 1. The summed E-state index contributed by atoms with van der Waals surface area (Å²) in [5, 5.41) is 0. The molecule has 1 saturated carbocycles. The Morgan fingerprint density at radius 1 is 1.25 bits per heavy atom. The van der Waals surface area contributed by atoms with Crippen LogP contribution in [0.4, 0.5) is 0 Å². The Labute approximate surface area is 98.3 Å². The van der Waals surface area contributed by atoms with E-state index in [0.717, 1.165) is 5.92 Å². The summed E-state index contributed by atoms with van der Waals surface area (Å²) in [6.07, 6.45) is 10.3. The predicted molar refractivity (Wildman–Crippen MR) is 66.9 cm³/mol. The number of hydrogen-bond donors (Lipinski definition) is 1. The molecule has 1 aromatic heterocycles. The van der Waals surface area contributed by atoms with Gasteiger partial charge in [0.2, 0.25) is 0 Å². The van der Waals surface area contributed by atoms with Crippen LogP contribution in [-0.2, 0) is 0 Å². The van der Waals surface area contributed by atoms with Crippen molar-refractivity contribution in [3.05, 3.63) is 30.1 Å². The molecule has 1 unspecified atom stereocenters. The topological polar surface area (TPSA) is 38.9 Å². The lowest BCUT2D eigenvalue weighted by atomic mass is 9.76. The first-order valence-corrected chi connectivity index (χ1v) is 6.46.